The van der Waals surface area contributed by atoms with Crippen LogP contribution in [0.5, 0.6) is 0 Å². The zero-order valence-corrected chi connectivity index (χ0v) is 17.9. The SMILES string of the molecule is O=C(NC(=S)Nc1ccccc1-c1nc2ccccc2s1)c1cccc(Cl)c1Cl. The largest absolute Gasteiger partial charge is 0.332 e. The topological polar surface area (TPSA) is 54.0 Å². The van der Waals surface area contributed by atoms with Gasteiger partial charge in [-0.2, -0.15) is 0 Å². The van der Waals surface area contributed by atoms with Crippen molar-refractivity contribution in [2.75, 3.05) is 5.32 Å². The Kier molecular flexibility index (Phi) is 5.78. The van der Waals surface area contributed by atoms with Gasteiger partial charge in [-0.25, -0.2) is 4.98 Å². The van der Waals surface area contributed by atoms with E-state index < -0.39 is 5.91 Å². The van der Waals surface area contributed by atoms with Crippen LogP contribution in [0.15, 0.2) is 66.7 Å². The number of aromatic nitrogens is 1. The molecule has 0 atom stereocenters. The van der Waals surface area contributed by atoms with E-state index in [-0.39, 0.29) is 15.7 Å². The molecule has 0 saturated carbocycles. The molecule has 0 spiro atoms. The molecule has 1 heterocycles. The summed E-state index contributed by atoms with van der Waals surface area (Å²) in [5.41, 5.74) is 2.83. The molecule has 2 N–H and O–H groups in total. The number of anilines is 1. The van der Waals surface area contributed by atoms with Gasteiger partial charge in [-0.1, -0.05) is 53.5 Å². The summed E-state index contributed by atoms with van der Waals surface area (Å²) in [6.07, 6.45) is 0. The molecule has 144 valence electrons. The van der Waals surface area contributed by atoms with Gasteiger partial charge in [-0.05, 0) is 48.6 Å². The number of hydrogen-bond acceptors (Lipinski definition) is 4. The maximum atomic E-state index is 12.5. The van der Waals surface area contributed by atoms with Crippen LogP contribution in [0.1, 0.15) is 10.4 Å². The number of fused-ring (bicyclic) bond motifs is 1. The van der Waals surface area contributed by atoms with E-state index in [1.165, 1.54) is 0 Å². The van der Waals surface area contributed by atoms with Gasteiger partial charge in [0, 0.05) is 5.56 Å². The third-order valence-electron chi connectivity index (χ3n) is 4.12. The monoisotopic (exact) mass is 457 g/mol. The minimum Gasteiger partial charge on any atom is -0.332 e. The van der Waals surface area contributed by atoms with Crippen LogP contribution in [-0.2, 0) is 0 Å². The molecular weight excluding hydrogens is 445 g/mol. The summed E-state index contributed by atoms with van der Waals surface area (Å²) in [7, 11) is 0. The standard InChI is InChI=1S/C21H13Cl2N3OS2/c22-14-8-5-7-13(18(14)23)19(27)26-21(28)25-15-9-2-1-6-12(15)20-24-16-10-3-4-11-17(16)29-20/h1-11H,(H2,25,26,27,28). The Morgan fingerprint density at radius 2 is 1.72 bits per heavy atom. The summed E-state index contributed by atoms with van der Waals surface area (Å²) in [6.45, 7) is 0. The third kappa shape index (κ3) is 4.26. The van der Waals surface area contributed by atoms with Gasteiger partial charge in [0.05, 0.1) is 31.5 Å². The van der Waals surface area contributed by atoms with Crippen molar-refractivity contribution in [1.82, 2.24) is 10.3 Å². The van der Waals surface area contributed by atoms with E-state index in [1.807, 2.05) is 48.5 Å². The molecule has 4 nitrogen and oxygen atoms in total. The molecule has 0 aliphatic heterocycles. The fourth-order valence-corrected chi connectivity index (χ4v) is 4.36. The first-order valence-corrected chi connectivity index (χ1v) is 10.5. The normalized spacial score (nSPS) is 10.7. The predicted molar refractivity (Wildman–Crippen MR) is 125 cm³/mol. The van der Waals surface area contributed by atoms with Crippen molar-refractivity contribution in [3.63, 3.8) is 0 Å². The second-order valence-corrected chi connectivity index (χ2v) is 8.27. The van der Waals surface area contributed by atoms with Gasteiger partial charge < -0.3 is 5.32 Å². The number of para-hydroxylation sites is 2. The number of carbonyl (C=O) groups is 1. The lowest BCUT2D eigenvalue weighted by molar-refractivity contribution is 0.0978. The number of benzene rings is 3. The number of thiocarbonyl (C=S) groups is 1. The second-order valence-electron chi connectivity index (χ2n) is 6.04. The molecule has 0 aliphatic carbocycles. The second kappa shape index (κ2) is 8.47. The highest BCUT2D eigenvalue weighted by molar-refractivity contribution is 7.80. The highest BCUT2D eigenvalue weighted by atomic mass is 35.5. The molecule has 0 aliphatic rings. The van der Waals surface area contributed by atoms with Gasteiger partial charge >= 0.3 is 0 Å². The van der Waals surface area contributed by atoms with Crippen LogP contribution in [0.25, 0.3) is 20.8 Å². The summed E-state index contributed by atoms with van der Waals surface area (Å²) in [4.78, 5) is 17.2. The van der Waals surface area contributed by atoms with E-state index in [1.54, 1.807) is 29.5 Å². The summed E-state index contributed by atoms with van der Waals surface area (Å²) >= 11 is 19.0. The van der Waals surface area contributed by atoms with Crippen molar-refractivity contribution in [2.45, 2.75) is 0 Å². The summed E-state index contributed by atoms with van der Waals surface area (Å²) in [5.74, 6) is -0.438. The predicted octanol–water partition coefficient (Wildman–Crippen LogP) is 6.40. The lowest BCUT2D eigenvalue weighted by Gasteiger charge is -2.13. The number of amides is 1. The summed E-state index contributed by atoms with van der Waals surface area (Å²) in [6, 6.07) is 20.5. The van der Waals surface area contributed by atoms with E-state index in [0.717, 1.165) is 26.5 Å². The smallest absolute Gasteiger partial charge is 0.258 e. The Morgan fingerprint density at radius 3 is 2.55 bits per heavy atom. The first-order valence-electron chi connectivity index (χ1n) is 8.54. The summed E-state index contributed by atoms with van der Waals surface area (Å²) in [5, 5.41) is 7.22. The minimum absolute atomic E-state index is 0.152. The molecule has 0 saturated heterocycles. The highest BCUT2D eigenvalue weighted by Gasteiger charge is 2.15. The minimum atomic E-state index is -0.438. The van der Waals surface area contributed by atoms with Crippen molar-refractivity contribution in [1.29, 1.82) is 0 Å². The van der Waals surface area contributed by atoms with Crippen molar-refractivity contribution in [3.8, 4) is 10.6 Å². The zero-order chi connectivity index (χ0) is 20.4. The third-order valence-corrected chi connectivity index (χ3v) is 6.22. The van der Waals surface area contributed by atoms with E-state index in [4.69, 9.17) is 40.4 Å². The van der Waals surface area contributed by atoms with Gasteiger partial charge in [0.1, 0.15) is 5.01 Å². The maximum Gasteiger partial charge on any atom is 0.258 e. The highest BCUT2D eigenvalue weighted by Crippen LogP contribution is 2.34. The molecule has 0 unspecified atom stereocenters. The molecular formula is C21H13Cl2N3OS2. The number of nitrogens with zero attached hydrogens (tertiary/aromatic N) is 1. The Labute approximate surface area is 186 Å². The van der Waals surface area contributed by atoms with Gasteiger partial charge in [-0.15, -0.1) is 11.3 Å². The molecule has 0 radical (unpaired) electrons. The zero-order valence-electron chi connectivity index (χ0n) is 14.8. The van der Waals surface area contributed by atoms with Crippen LogP contribution >= 0.6 is 46.8 Å². The lowest BCUT2D eigenvalue weighted by Crippen LogP contribution is -2.34. The molecule has 0 fully saturated rings. The molecule has 3 aromatic carbocycles. The molecule has 29 heavy (non-hydrogen) atoms. The van der Waals surface area contributed by atoms with E-state index >= 15 is 0 Å². The number of halogens is 2. The van der Waals surface area contributed by atoms with E-state index in [0.29, 0.717) is 5.02 Å². The molecule has 1 amide bonds. The Bertz CT molecular complexity index is 1210. The fraction of sp³-hybridized carbons (Fsp3) is 0. The number of rotatable bonds is 3. The van der Waals surface area contributed by atoms with Crippen molar-refractivity contribution in [2.24, 2.45) is 0 Å². The fourth-order valence-electron chi connectivity index (χ4n) is 2.77. The van der Waals surface area contributed by atoms with Crippen molar-refractivity contribution < 1.29 is 4.79 Å². The number of hydrogen-bond donors (Lipinski definition) is 2. The first kappa shape index (κ1) is 19.8. The Morgan fingerprint density at radius 1 is 0.966 bits per heavy atom. The lowest BCUT2D eigenvalue weighted by atomic mass is 10.2. The van der Waals surface area contributed by atoms with Gasteiger partial charge in [0.15, 0.2) is 5.11 Å². The Balaban J connectivity index is 1.56. The van der Waals surface area contributed by atoms with Crippen molar-refractivity contribution >= 4 is 73.7 Å². The van der Waals surface area contributed by atoms with Crippen LogP contribution in [0.2, 0.25) is 10.0 Å². The Hall–Kier alpha value is -2.51. The van der Waals surface area contributed by atoms with Crippen LogP contribution < -0.4 is 10.6 Å². The number of carbonyl (C=O) groups excluding carboxylic acids is 1. The maximum absolute atomic E-state index is 12.5. The van der Waals surface area contributed by atoms with E-state index in [2.05, 4.69) is 10.6 Å². The average molecular weight is 458 g/mol. The van der Waals surface area contributed by atoms with Gasteiger partial charge in [-0.3, -0.25) is 10.1 Å². The quantitative estimate of drug-likeness (QED) is 0.349. The molecule has 8 heteroatoms. The first-order chi connectivity index (χ1) is 14.0. The van der Waals surface area contributed by atoms with Crippen LogP contribution in [0.4, 0.5) is 5.69 Å². The van der Waals surface area contributed by atoms with Gasteiger partial charge in [0.2, 0.25) is 0 Å². The number of nitrogens with one attached hydrogen (secondary N) is 2. The molecule has 0 bridgehead atoms. The van der Waals surface area contributed by atoms with Gasteiger partial charge in [0.25, 0.3) is 5.91 Å². The molecule has 4 rings (SSSR count). The van der Waals surface area contributed by atoms with Crippen LogP contribution in [-0.4, -0.2) is 16.0 Å². The van der Waals surface area contributed by atoms with Crippen LogP contribution in [0.3, 0.4) is 0 Å². The summed E-state index contributed by atoms with van der Waals surface area (Å²) < 4.78 is 1.10. The number of thiazole rings is 1. The average Bonchev–Trinajstić information content (AvgIpc) is 3.14. The van der Waals surface area contributed by atoms with E-state index in [9.17, 15) is 4.79 Å². The van der Waals surface area contributed by atoms with Crippen LogP contribution in [0, 0.1) is 0 Å². The van der Waals surface area contributed by atoms with Crippen molar-refractivity contribution in [3.05, 3.63) is 82.3 Å². The molecule has 4 aromatic rings. The molecule has 1 aromatic heterocycles.